The van der Waals surface area contributed by atoms with Crippen molar-refractivity contribution in [1.29, 1.82) is 0 Å². The molecule has 0 aliphatic rings. The van der Waals surface area contributed by atoms with Gasteiger partial charge in [-0.05, 0) is 56.5 Å². The normalized spacial score (nSPS) is 10.6. The number of aryl methyl sites for hydroxylation is 3. The molecule has 0 atom stereocenters. The molecule has 0 aliphatic carbocycles. The first-order valence-corrected chi connectivity index (χ1v) is 9.72. The Bertz CT molecular complexity index is 1040. The fourth-order valence-corrected chi connectivity index (χ4v) is 3.53. The average Bonchev–Trinajstić information content (AvgIpc) is 3.02. The maximum Gasteiger partial charge on any atom is 0.340 e. The second-order valence-electron chi connectivity index (χ2n) is 7.04. The standard InChI is InChI=1S/C24H26N2O3/c1-5-19-11-9-10-16(2)23(19)25-22(27)15-29-24(28)21-14-17(3)26(18(21)4)20-12-7-6-8-13-20/h6-14H,5,15H2,1-4H3,(H,25,27). The van der Waals surface area contributed by atoms with E-state index in [9.17, 15) is 9.59 Å². The van der Waals surface area contributed by atoms with Crippen molar-refractivity contribution in [2.24, 2.45) is 0 Å². The Morgan fingerprint density at radius 1 is 1.00 bits per heavy atom. The van der Waals surface area contributed by atoms with Crippen LogP contribution in [0.1, 0.15) is 39.8 Å². The van der Waals surface area contributed by atoms with Gasteiger partial charge in [-0.1, -0.05) is 43.3 Å². The first-order chi connectivity index (χ1) is 13.9. The van der Waals surface area contributed by atoms with E-state index in [1.807, 2.05) is 80.8 Å². The number of aromatic nitrogens is 1. The van der Waals surface area contributed by atoms with Crippen LogP contribution in [0.25, 0.3) is 5.69 Å². The van der Waals surface area contributed by atoms with Crippen LogP contribution in [0, 0.1) is 20.8 Å². The van der Waals surface area contributed by atoms with Gasteiger partial charge in [0.25, 0.3) is 5.91 Å². The number of hydrogen-bond donors (Lipinski definition) is 1. The van der Waals surface area contributed by atoms with E-state index >= 15 is 0 Å². The SMILES string of the molecule is CCc1cccc(C)c1NC(=O)COC(=O)c1cc(C)n(-c2ccccc2)c1C. The number of benzene rings is 2. The predicted molar refractivity (Wildman–Crippen MR) is 115 cm³/mol. The third-order valence-electron chi connectivity index (χ3n) is 5.00. The molecule has 5 heteroatoms. The van der Waals surface area contributed by atoms with Crippen molar-refractivity contribution in [3.05, 3.63) is 82.7 Å². The average molecular weight is 390 g/mol. The molecule has 29 heavy (non-hydrogen) atoms. The summed E-state index contributed by atoms with van der Waals surface area (Å²) >= 11 is 0. The van der Waals surface area contributed by atoms with Crippen molar-refractivity contribution in [2.75, 3.05) is 11.9 Å². The second kappa shape index (κ2) is 8.78. The van der Waals surface area contributed by atoms with Crippen LogP contribution < -0.4 is 5.32 Å². The van der Waals surface area contributed by atoms with E-state index in [0.29, 0.717) is 5.56 Å². The minimum Gasteiger partial charge on any atom is -0.452 e. The molecule has 0 aliphatic heterocycles. The fourth-order valence-electron chi connectivity index (χ4n) is 3.53. The number of ether oxygens (including phenoxy) is 1. The monoisotopic (exact) mass is 390 g/mol. The molecule has 3 aromatic rings. The topological polar surface area (TPSA) is 60.3 Å². The summed E-state index contributed by atoms with van der Waals surface area (Å²) in [6.07, 6.45) is 0.808. The lowest BCUT2D eigenvalue weighted by molar-refractivity contribution is -0.119. The molecule has 0 bridgehead atoms. The number of esters is 1. The third-order valence-corrected chi connectivity index (χ3v) is 5.00. The highest BCUT2D eigenvalue weighted by molar-refractivity contribution is 5.97. The molecule has 1 heterocycles. The molecule has 0 spiro atoms. The molecule has 3 rings (SSSR count). The van der Waals surface area contributed by atoms with Gasteiger partial charge in [0, 0.05) is 22.8 Å². The summed E-state index contributed by atoms with van der Waals surface area (Å²) < 4.78 is 7.29. The van der Waals surface area contributed by atoms with Crippen LogP contribution in [-0.4, -0.2) is 23.1 Å². The van der Waals surface area contributed by atoms with Gasteiger partial charge in [-0.15, -0.1) is 0 Å². The van der Waals surface area contributed by atoms with Crippen molar-refractivity contribution in [3.63, 3.8) is 0 Å². The molecule has 0 unspecified atom stereocenters. The molecule has 0 radical (unpaired) electrons. The number of hydrogen-bond acceptors (Lipinski definition) is 3. The maximum atomic E-state index is 12.6. The van der Waals surface area contributed by atoms with E-state index < -0.39 is 5.97 Å². The molecular weight excluding hydrogens is 364 g/mol. The first-order valence-electron chi connectivity index (χ1n) is 9.72. The quantitative estimate of drug-likeness (QED) is 0.617. The fraction of sp³-hybridized carbons (Fsp3) is 0.250. The lowest BCUT2D eigenvalue weighted by Crippen LogP contribution is -2.22. The lowest BCUT2D eigenvalue weighted by Gasteiger charge is -2.13. The van der Waals surface area contributed by atoms with Gasteiger partial charge in [-0.2, -0.15) is 0 Å². The highest BCUT2D eigenvalue weighted by Crippen LogP contribution is 2.22. The van der Waals surface area contributed by atoms with E-state index in [4.69, 9.17) is 4.74 Å². The third kappa shape index (κ3) is 4.40. The van der Waals surface area contributed by atoms with Crippen molar-refractivity contribution < 1.29 is 14.3 Å². The largest absolute Gasteiger partial charge is 0.452 e. The number of amides is 1. The molecular formula is C24H26N2O3. The van der Waals surface area contributed by atoms with Gasteiger partial charge in [0.2, 0.25) is 0 Å². The Hall–Kier alpha value is -3.34. The summed E-state index contributed by atoms with van der Waals surface area (Å²) in [5.74, 6) is -0.852. The summed E-state index contributed by atoms with van der Waals surface area (Å²) in [5, 5.41) is 2.87. The van der Waals surface area contributed by atoms with Crippen LogP contribution >= 0.6 is 0 Å². The number of carbonyl (C=O) groups excluding carboxylic acids is 2. The lowest BCUT2D eigenvalue weighted by atomic mass is 10.1. The van der Waals surface area contributed by atoms with Gasteiger partial charge in [-0.3, -0.25) is 4.79 Å². The maximum absolute atomic E-state index is 12.6. The van der Waals surface area contributed by atoms with E-state index in [0.717, 1.165) is 40.3 Å². The molecule has 0 fully saturated rings. The van der Waals surface area contributed by atoms with Crippen molar-refractivity contribution in [1.82, 2.24) is 4.57 Å². The van der Waals surface area contributed by atoms with E-state index in [1.54, 1.807) is 6.07 Å². The highest BCUT2D eigenvalue weighted by atomic mass is 16.5. The summed E-state index contributed by atoms with van der Waals surface area (Å²) in [5.41, 5.74) is 5.98. The summed E-state index contributed by atoms with van der Waals surface area (Å²) in [6.45, 7) is 7.46. The van der Waals surface area contributed by atoms with Crippen LogP contribution in [-0.2, 0) is 16.0 Å². The number of nitrogens with zero attached hydrogens (tertiary/aromatic N) is 1. The Morgan fingerprint density at radius 3 is 2.41 bits per heavy atom. The molecule has 5 nitrogen and oxygen atoms in total. The molecule has 1 N–H and O–H groups in total. The Kier molecular flexibility index (Phi) is 6.17. The number of carbonyl (C=O) groups is 2. The molecule has 2 aromatic carbocycles. The smallest absolute Gasteiger partial charge is 0.340 e. The van der Waals surface area contributed by atoms with Crippen LogP contribution in [0.15, 0.2) is 54.6 Å². The molecule has 1 amide bonds. The molecule has 150 valence electrons. The molecule has 0 saturated carbocycles. The van der Waals surface area contributed by atoms with E-state index in [2.05, 4.69) is 5.32 Å². The zero-order chi connectivity index (χ0) is 21.0. The highest BCUT2D eigenvalue weighted by Gasteiger charge is 2.19. The first kappa shape index (κ1) is 20.4. The van der Waals surface area contributed by atoms with Gasteiger partial charge >= 0.3 is 5.97 Å². The zero-order valence-electron chi connectivity index (χ0n) is 17.3. The van der Waals surface area contributed by atoms with Crippen molar-refractivity contribution >= 4 is 17.6 Å². The van der Waals surface area contributed by atoms with E-state index in [-0.39, 0.29) is 12.5 Å². The summed E-state index contributed by atoms with van der Waals surface area (Å²) in [4.78, 5) is 24.9. The van der Waals surface area contributed by atoms with Crippen LogP contribution in [0.4, 0.5) is 5.69 Å². The van der Waals surface area contributed by atoms with Gasteiger partial charge in [0.15, 0.2) is 6.61 Å². The van der Waals surface area contributed by atoms with Crippen LogP contribution in [0.5, 0.6) is 0 Å². The van der Waals surface area contributed by atoms with Crippen molar-refractivity contribution in [3.8, 4) is 5.69 Å². The van der Waals surface area contributed by atoms with Gasteiger partial charge in [0.05, 0.1) is 5.56 Å². The van der Waals surface area contributed by atoms with E-state index in [1.165, 1.54) is 0 Å². The molecule has 1 aromatic heterocycles. The number of anilines is 1. The Balaban J connectivity index is 1.70. The van der Waals surface area contributed by atoms with Crippen LogP contribution in [0.2, 0.25) is 0 Å². The minimum atomic E-state index is -0.504. The van der Waals surface area contributed by atoms with Gasteiger partial charge in [-0.25, -0.2) is 4.79 Å². The number of rotatable bonds is 6. The summed E-state index contributed by atoms with van der Waals surface area (Å²) in [6, 6.07) is 17.5. The minimum absolute atomic E-state index is 0.328. The Morgan fingerprint density at radius 2 is 1.72 bits per heavy atom. The Labute approximate surface area is 171 Å². The zero-order valence-corrected chi connectivity index (χ0v) is 17.3. The second-order valence-corrected chi connectivity index (χ2v) is 7.04. The number of para-hydroxylation sites is 2. The number of nitrogens with one attached hydrogen (secondary N) is 1. The van der Waals surface area contributed by atoms with Gasteiger partial charge in [0.1, 0.15) is 0 Å². The van der Waals surface area contributed by atoms with Crippen molar-refractivity contribution in [2.45, 2.75) is 34.1 Å². The predicted octanol–water partition coefficient (Wildman–Crippen LogP) is 4.76. The summed E-state index contributed by atoms with van der Waals surface area (Å²) in [7, 11) is 0. The van der Waals surface area contributed by atoms with Gasteiger partial charge < -0.3 is 14.6 Å². The van der Waals surface area contributed by atoms with Crippen LogP contribution in [0.3, 0.4) is 0 Å². The molecule has 0 saturated heterocycles.